The van der Waals surface area contributed by atoms with E-state index in [1.165, 1.54) is 0 Å². The minimum absolute atomic E-state index is 0.118. The Morgan fingerprint density at radius 1 is 1.50 bits per heavy atom. The zero-order chi connectivity index (χ0) is 11.1. The lowest BCUT2D eigenvalue weighted by Crippen LogP contribution is -2.21. The standard InChI is InChI=1S/C12H14N2O2/c1-16-8-13-6-4-9-7-10-3-2-5-14(10)12(15)11(9)13/h4,6-7H,2-3,5,8H2,1H3. The van der Waals surface area contributed by atoms with Crippen LogP contribution >= 0.6 is 0 Å². The van der Waals surface area contributed by atoms with Crippen LogP contribution in [0.25, 0.3) is 10.9 Å². The van der Waals surface area contributed by atoms with Crippen molar-refractivity contribution in [2.45, 2.75) is 26.1 Å². The van der Waals surface area contributed by atoms with Crippen LogP contribution in [0.1, 0.15) is 12.1 Å². The van der Waals surface area contributed by atoms with Gasteiger partial charge in [-0.3, -0.25) is 4.79 Å². The summed E-state index contributed by atoms with van der Waals surface area (Å²) in [7, 11) is 1.64. The first kappa shape index (κ1) is 9.66. The Labute approximate surface area is 93.1 Å². The predicted molar refractivity (Wildman–Crippen MR) is 61.5 cm³/mol. The van der Waals surface area contributed by atoms with E-state index in [-0.39, 0.29) is 5.56 Å². The fourth-order valence-corrected chi connectivity index (χ4v) is 2.49. The third-order valence-electron chi connectivity index (χ3n) is 3.19. The summed E-state index contributed by atoms with van der Waals surface area (Å²) in [6, 6.07) is 4.10. The van der Waals surface area contributed by atoms with E-state index >= 15 is 0 Å². The highest BCUT2D eigenvalue weighted by Crippen LogP contribution is 2.19. The van der Waals surface area contributed by atoms with Crippen LogP contribution in [0.3, 0.4) is 0 Å². The second-order valence-corrected chi connectivity index (χ2v) is 4.20. The van der Waals surface area contributed by atoms with Crippen molar-refractivity contribution < 1.29 is 4.74 Å². The summed E-state index contributed by atoms with van der Waals surface area (Å²) in [5.74, 6) is 0. The molecule has 0 saturated heterocycles. The number of methoxy groups -OCH3 is 1. The van der Waals surface area contributed by atoms with Crippen molar-refractivity contribution in [2.24, 2.45) is 0 Å². The fourth-order valence-electron chi connectivity index (χ4n) is 2.49. The molecule has 0 atom stereocenters. The summed E-state index contributed by atoms with van der Waals surface area (Å²) < 4.78 is 8.83. The third-order valence-corrected chi connectivity index (χ3v) is 3.19. The fraction of sp³-hybridized carbons (Fsp3) is 0.417. The minimum Gasteiger partial charge on any atom is -0.364 e. The molecular formula is C12H14N2O2. The molecule has 2 aromatic rings. The first-order chi connectivity index (χ1) is 7.81. The normalized spacial score (nSPS) is 14.6. The van der Waals surface area contributed by atoms with Crippen LogP contribution in [0, 0.1) is 0 Å². The van der Waals surface area contributed by atoms with Crippen molar-refractivity contribution >= 4 is 10.9 Å². The molecule has 3 rings (SSSR count). The first-order valence-electron chi connectivity index (χ1n) is 5.52. The van der Waals surface area contributed by atoms with E-state index in [2.05, 4.69) is 6.07 Å². The second kappa shape index (κ2) is 3.49. The molecule has 4 heteroatoms. The van der Waals surface area contributed by atoms with E-state index < -0.39 is 0 Å². The smallest absolute Gasteiger partial charge is 0.275 e. The molecule has 1 aliphatic rings. The zero-order valence-corrected chi connectivity index (χ0v) is 9.27. The zero-order valence-electron chi connectivity index (χ0n) is 9.27. The summed E-state index contributed by atoms with van der Waals surface area (Å²) in [5, 5.41) is 1.02. The lowest BCUT2D eigenvalue weighted by molar-refractivity contribution is 0.134. The summed E-state index contributed by atoms with van der Waals surface area (Å²) in [4.78, 5) is 12.3. The summed E-state index contributed by atoms with van der Waals surface area (Å²) in [6.07, 6.45) is 4.00. The Bertz CT molecular complexity index is 595. The van der Waals surface area contributed by atoms with Crippen molar-refractivity contribution in [3.05, 3.63) is 34.4 Å². The Morgan fingerprint density at radius 3 is 3.19 bits per heavy atom. The van der Waals surface area contributed by atoms with Gasteiger partial charge >= 0.3 is 0 Å². The molecule has 0 saturated carbocycles. The van der Waals surface area contributed by atoms with Gasteiger partial charge in [0.15, 0.2) is 0 Å². The van der Waals surface area contributed by atoms with Crippen molar-refractivity contribution in [3.8, 4) is 0 Å². The molecule has 0 fully saturated rings. The van der Waals surface area contributed by atoms with Gasteiger partial charge in [-0.05, 0) is 25.0 Å². The lowest BCUT2D eigenvalue weighted by atomic mass is 10.2. The van der Waals surface area contributed by atoms with Gasteiger partial charge in [-0.1, -0.05) is 0 Å². The summed E-state index contributed by atoms with van der Waals surface area (Å²) in [6.45, 7) is 1.28. The van der Waals surface area contributed by atoms with E-state index in [0.29, 0.717) is 6.73 Å². The molecule has 2 aromatic heterocycles. The molecule has 0 spiro atoms. The molecule has 3 heterocycles. The van der Waals surface area contributed by atoms with Crippen LogP contribution in [-0.2, 0) is 24.4 Å². The second-order valence-electron chi connectivity index (χ2n) is 4.20. The number of aryl methyl sites for hydroxylation is 1. The molecular weight excluding hydrogens is 204 g/mol. The molecule has 0 radical (unpaired) electrons. The van der Waals surface area contributed by atoms with Crippen LogP contribution in [-0.4, -0.2) is 16.2 Å². The Hall–Kier alpha value is -1.55. The first-order valence-corrected chi connectivity index (χ1v) is 5.52. The highest BCUT2D eigenvalue weighted by Gasteiger charge is 2.16. The molecule has 0 aliphatic carbocycles. The predicted octanol–water partition coefficient (Wildman–Crippen LogP) is 1.35. The van der Waals surface area contributed by atoms with E-state index in [4.69, 9.17) is 4.74 Å². The number of aromatic nitrogens is 2. The van der Waals surface area contributed by atoms with Gasteiger partial charge in [0.2, 0.25) is 0 Å². The van der Waals surface area contributed by atoms with E-state index in [0.717, 1.165) is 36.0 Å². The number of hydrogen-bond acceptors (Lipinski definition) is 2. The van der Waals surface area contributed by atoms with Crippen molar-refractivity contribution in [3.63, 3.8) is 0 Å². The Morgan fingerprint density at radius 2 is 2.38 bits per heavy atom. The number of hydrogen-bond donors (Lipinski definition) is 0. The van der Waals surface area contributed by atoms with Crippen LogP contribution in [0.2, 0.25) is 0 Å². The lowest BCUT2D eigenvalue weighted by Gasteiger charge is -2.06. The molecule has 16 heavy (non-hydrogen) atoms. The van der Waals surface area contributed by atoms with E-state index in [9.17, 15) is 4.79 Å². The molecule has 4 nitrogen and oxygen atoms in total. The van der Waals surface area contributed by atoms with Gasteiger partial charge < -0.3 is 13.9 Å². The summed E-state index contributed by atoms with van der Waals surface area (Å²) in [5.41, 5.74) is 2.03. The maximum atomic E-state index is 12.3. The average molecular weight is 218 g/mol. The van der Waals surface area contributed by atoms with E-state index in [1.807, 2.05) is 21.4 Å². The largest absolute Gasteiger partial charge is 0.364 e. The number of rotatable bonds is 2. The van der Waals surface area contributed by atoms with Crippen molar-refractivity contribution in [2.75, 3.05) is 7.11 Å². The maximum absolute atomic E-state index is 12.3. The third kappa shape index (κ3) is 1.23. The Balaban J connectivity index is 2.32. The number of nitrogens with zero attached hydrogens (tertiary/aromatic N) is 2. The van der Waals surface area contributed by atoms with Crippen molar-refractivity contribution in [1.82, 2.24) is 9.13 Å². The quantitative estimate of drug-likeness (QED) is 0.763. The van der Waals surface area contributed by atoms with Gasteiger partial charge in [0.1, 0.15) is 12.2 Å². The topological polar surface area (TPSA) is 36.2 Å². The van der Waals surface area contributed by atoms with Gasteiger partial charge in [0.05, 0.1) is 0 Å². The van der Waals surface area contributed by atoms with Crippen LogP contribution in [0.4, 0.5) is 0 Å². The molecule has 0 unspecified atom stereocenters. The minimum atomic E-state index is 0.118. The molecule has 84 valence electrons. The number of pyridine rings is 1. The van der Waals surface area contributed by atoms with Crippen LogP contribution in [0.15, 0.2) is 23.1 Å². The number of ether oxygens (including phenoxy) is 1. The van der Waals surface area contributed by atoms with E-state index in [1.54, 1.807) is 7.11 Å². The molecule has 1 aliphatic heterocycles. The average Bonchev–Trinajstić information content (AvgIpc) is 2.86. The molecule has 0 aromatic carbocycles. The van der Waals surface area contributed by atoms with Crippen LogP contribution < -0.4 is 5.56 Å². The highest BCUT2D eigenvalue weighted by atomic mass is 16.5. The Kier molecular flexibility index (Phi) is 2.11. The van der Waals surface area contributed by atoms with Gasteiger partial charge in [0, 0.05) is 30.9 Å². The van der Waals surface area contributed by atoms with Crippen molar-refractivity contribution in [1.29, 1.82) is 0 Å². The summed E-state index contributed by atoms with van der Waals surface area (Å²) >= 11 is 0. The van der Waals surface area contributed by atoms with Gasteiger partial charge in [0.25, 0.3) is 5.56 Å². The highest BCUT2D eigenvalue weighted by molar-refractivity contribution is 5.79. The molecule has 0 amide bonds. The maximum Gasteiger partial charge on any atom is 0.275 e. The number of fused-ring (bicyclic) bond motifs is 2. The van der Waals surface area contributed by atoms with Gasteiger partial charge in [-0.25, -0.2) is 0 Å². The SMILES string of the molecule is COCn1ccc2cc3n(c(=O)c21)CCC3. The van der Waals surface area contributed by atoms with Crippen LogP contribution in [0.5, 0.6) is 0 Å². The van der Waals surface area contributed by atoms with Gasteiger partial charge in [-0.15, -0.1) is 0 Å². The molecule has 0 bridgehead atoms. The van der Waals surface area contributed by atoms with Gasteiger partial charge in [-0.2, -0.15) is 0 Å². The molecule has 0 N–H and O–H groups in total. The monoisotopic (exact) mass is 218 g/mol.